The lowest BCUT2D eigenvalue weighted by Crippen LogP contribution is -2.76. The SMILES string of the molecule is C[C@]12C=CC(=O)C=C1CC[C@@H]1[C@@H]2[C@@H](O)C[C@@]2(C)[C@H]1C[C@H]1O[C@@H](c3ccc(CC45CC(NC(=O)[C@H](CCC(=O)O)NC(=O)CNC(=O)CCC(=O)N6Cc7ccccc7C#Cc7ccccc76)(C4)C5)cc3)O[C@]12C(=O)CO. The van der Waals surface area contributed by atoms with Crippen molar-refractivity contribution < 1.29 is 58.4 Å². The maximum Gasteiger partial charge on any atom is 0.303 e. The number of allylic oxidation sites excluding steroid dienone is 4. The number of Topliss-reactive ketones (excluding diaryl/α,β-unsaturated/α-hetero) is 1. The second-order valence-corrected chi connectivity index (χ2v) is 23.3. The van der Waals surface area contributed by atoms with E-state index in [1.165, 1.54) is 0 Å². The van der Waals surface area contributed by atoms with Crippen LogP contribution in [0.5, 0.6) is 0 Å². The highest BCUT2D eigenvalue weighted by Crippen LogP contribution is 2.71. The quantitative estimate of drug-likeness (QED) is 0.103. The zero-order chi connectivity index (χ0) is 53.4. The molecule has 396 valence electrons. The fourth-order valence-corrected chi connectivity index (χ4v) is 15.3. The van der Waals surface area contributed by atoms with Crippen molar-refractivity contribution in [1.82, 2.24) is 16.0 Å². The van der Waals surface area contributed by atoms with Crippen LogP contribution in [0.4, 0.5) is 5.69 Å². The first-order valence-electron chi connectivity index (χ1n) is 26.6. The number of carboxylic acids is 1. The number of rotatable bonds is 16. The summed E-state index contributed by atoms with van der Waals surface area (Å²) in [6.07, 6.45) is 7.35. The van der Waals surface area contributed by atoms with Crippen LogP contribution in [0.1, 0.15) is 119 Å². The number of carbonyl (C=O) groups excluding carboxylic acids is 6. The number of aliphatic hydroxyl groups is 2. The first-order valence-corrected chi connectivity index (χ1v) is 26.6. The standard InChI is InChI=1S/C60H64N4O12/c1-56-24-23-41(66)25-40(56)17-18-42-43-26-48-60(47(68)31-65,57(43,2)28-46(67)53(42)56)76-55(75-48)38-13-11-35(12-14-38)27-58-32-59(33-58,34-58)63-54(74)44(19-22-52(72)73)62-50(70)29-61-49(69)20-21-51(71)64-30-39-9-4-3-7-36(39)15-16-37-8-5-6-10-45(37)64/h3-14,23-25,42-44,46,48,53,55,65,67H,17-22,26-34H2,1-2H3,(H,61,69)(H,62,70)(H,63,74)(H,72,73)/t42-,43-,44-,46-,48+,53+,55+,56-,57-,58?,59?,60+/m0/s1. The molecule has 0 spiro atoms. The molecule has 2 heterocycles. The smallest absolute Gasteiger partial charge is 0.303 e. The van der Waals surface area contributed by atoms with Gasteiger partial charge in [0.2, 0.25) is 23.6 Å². The van der Waals surface area contributed by atoms with E-state index in [4.69, 9.17) is 9.47 Å². The van der Waals surface area contributed by atoms with Crippen LogP contribution < -0.4 is 20.9 Å². The number of aliphatic carboxylic acids is 1. The van der Waals surface area contributed by atoms with Crippen molar-refractivity contribution in [2.24, 2.45) is 34.0 Å². The fourth-order valence-electron chi connectivity index (χ4n) is 15.3. The number of fused-ring (bicyclic) bond motifs is 9. The Kier molecular flexibility index (Phi) is 13.1. The van der Waals surface area contributed by atoms with Crippen molar-refractivity contribution in [3.05, 3.63) is 124 Å². The Balaban J connectivity index is 0.666. The molecule has 3 aromatic carbocycles. The maximum atomic E-state index is 14.0. The van der Waals surface area contributed by atoms with Gasteiger partial charge in [-0.3, -0.25) is 33.6 Å². The normalized spacial score (nSPS) is 33.2. The molecule has 7 aliphatic carbocycles. The van der Waals surface area contributed by atoms with Gasteiger partial charge in [-0.2, -0.15) is 0 Å². The highest BCUT2D eigenvalue weighted by atomic mass is 16.7. The van der Waals surface area contributed by atoms with Crippen molar-refractivity contribution in [1.29, 1.82) is 0 Å². The minimum atomic E-state index is -1.46. The Morgan fingerprint density at radius 3 is 2.37 bits per heavy atom. The Bertz CT molecular complexity index is 3040. The molecule has 6 saturated carbocycles. The van der Waals surface area contributed by atoms with Gasteiger partial charge in [0, 0.05) is 58.2 Å². The topological polar surface area (TPSA) is 238 Å². The number of aliphatic hydroxyl groups excluding tert-OH is 2. The first kappa shape index (κ1) is 51.3. The summed E-state index contributed by atoms with van der Waals surface area (Å²) < 4.78 is 13.5. The van der Waals surface area contributed by atoms with Gasteiger partial charge in [-0.1, -0.05) is 91.9 Å². The number of para-hydroxylation sites is 1. The van der Waals surface area contributed by atoms with Crippen LogP contribution in [0.15, 0.2) is 96.6 Å². The second kappa shape index (κ2) is 19.4. The van der Waals surface area contributed by atoms with Crippen LogP contribution in [0.3, 0.4) is 0 Å². The Morgan fingerprint density at radius 2 is 1.62 bits per heavy atom. The second-order valence-electron chi connectivity index (χ2n) is 23.3. The van der Waals surface area contributed by atoms with E-state index in [1.54, 1.807) is 17.1 Å². The number of nitrogens with one attached hydrogen (secondary N) is 3. The summed E-state index contributed by atoms with van der Waals surface area (Å²) in [5.41, 5.74) is 2.57. The zero-order valence-corrected chi connectivity index (χ0v) is 42.8. The van der Waals surface area contributed by atoms with Crippen molar-refractivity contribution in [3.8, 4) is 11.8 Å². The summed E-state index contributed by atoms with van der Waals surface area (Å²) in [7, 11) is 0. The van der Waals surface area contributed by atoms with Crippen LogP contribution in [0.2, 0.25) is 0 Å². The minimum Gasteiger partial charge on any atom is -0.481 e. The predicted octanol–water partition coefficient (Wildman–Crippen LogP) is 5.06. The monoisotopic (exact) mass is 1030 g/mol. The van der Waals surface area contributed by atoms with E-state index in [9.17, 15) is 48.9 Å². The molecule has 3 aromatic rings. The van der Waals surface area contributed by atoms with Gasteiger partial charge in [0.05, 0.1) is 31.0 Å². The molecular formula is C60H64N4O12. The van der Waals surface area contributed by atoms with E-state index in [0.717, 1.165) is 47.1 Å². The van der Waals surface area contributed by atoms with E-state index in [-0.39, 0.29) is 73.5 Å². The fraction of sp³-hybridized carbons (Fsp3) is 0.483. The molecule has 9 aliphatic rings. The van der Waals surface area contributed by atoms with Crippen LogP contribution in [-0.4, -0.2) is 99.0 Å². The molecule has 2 bridgehead atoms. The van der Waals surface area contributed by atoms with Gasteiger partial charge in [-0.05, 0) is 117 Å². The number of carboxylic acid groups (broad SMARTS) is 1. The van der Waals surface area contributed by atoms with Crippen molar-refractivity contribution in [3.63, 3.8) is 0 Å². The summed E-state index contributed by atoms with van der Waals surface area (Å²) in [6, 6.07) is 21.6. The number of ketones is 2. The number of anilines is 1. The Morgan fingerprint density at radius 1 is 0.895 bits per heavy atom. The molecule has 16 nitrogen and oxygen atoms in total. The molecule has 0 radical (unpaired) electrons. The summed E-state index contributed by atoms with van der Waals surface area (Å²) in [5, 5.41) is 40.1. The van der Waals surface area contributed by atoms with Crippen molar-refractivity contribution in [2.75, 3.05) is 18.1 Å². The summed E-state index contributed by atoms with van der Waals surface area (Å²) in [6.45, 7) is 3.20. The average molecular weight is 1030 g/mol. The lowest BCUT2D eigenvalue weighted by Gasteiger charge is -2.71. The van der Waals surface area contributed by atoms with E-state index in [0.29, 0.717) is 36.9 Å². The van der Waals surface area contributed by atoms with Gasteiger partial charge < -0.3 is 45.6 Å². The largest absolute Gasteiger partial charge is 0.481 e. The van der Waals surface area contributed by atoms with Crippen LogP contribution in [0, 0.1) is 45.8 Å². The number of amides is 4. The van der Waals surface area contributed by atoms with Gasteiger partial charge in [-0.15, -0.1) is 0 Å². The summed E-state index contributed by atoms with van der Waals surface area (Å²) in [5.74, 6) is 2.63. The molecule has 2 aliphatic heterocycles. The maximum absolute atomic E-state index is 14.0. The third-order valence-electron chi connectivity index (χ3n) is 18.6. The van der Waals surface area contributed by atoms with Crippen molar-refractivity contribution in [2.45, 2.75) is 133 Å². The Labute approximate surface area is 441 Å². The predicted molar refractivity (Wildman–Crippen MR) is 275 cm³/mol. The minimum absolute atomic E-state index is 0.0172. The number of benzene rings is 3. The van der Waals surface area contributed by atoms with Crippen LogP contribution in [0.25, 0.3) is 0 Å². The number of nitrogens with zero attached hydrogens (tertiary/aromatic N) is 1. The van der Waals surface area contributed by atoms with Gasteiger partial charge >= 0.3 is 5.97 Å². The van der Waals surface area contributed by atoms with Crippen LogP contribution >= 0.6 is 0 Å². The third-order valence-corrected chi connectivity index (χ3v) is 18.6. The molecule has 12 rings (SSSR count). The number of hydrogen-bond donors (Lipinski definition) is 6. The molecule has 0 aromatic heterocycles. The van der Waals surface area contributed by atoms with E-state index >= 15 is 0 Å². The molecule has 0 unspecified atom stereocenters. The number of ether oxygens (including phenoxy) is 2. The van der Waals surface area contributed by atoms with Gasteiger partial charge in [-0.25, -0.2) is 0 Å². The highest BCUT2D eigenvalue weighted by Gasteiger charge is 2.76. The molecule has 4 amide bonds. The molecule has 7 fully saturated rings. The molecular weight excluding hydrogens is 969 g/mol. The van der Waals surface area contributed by atoms with Gasteiger partial charge in [0.1, 0.15) is 12.6 Å². The molecule has 1 saturated heterocycles. The number of carbonyl (C=O) groups is 7. The summed E-state index contributed by atoms with van der Waals surface area (Å²) >= 11 is 0. The average Bonchev–Trinajstić information content (AvgIpc) is 3.95. The van der Waals surface area contributed by atoms with Crippen molar-refractivity contribution >= 4 is 46.9 Å². The Hall–Kier alpha value is -6.77. The molecule has 76 heavy (non-hydrogen) atoms. The summed E-state index contributed by atoms with van der Waals surface area (Å²) in [4.78, 5) is 92.9. The van der Waals surface area contributed by atoms with E-state index in [2.05, 4.69) is 34.7 Å². The van der Waals surface area contributed by atoms with Gasteiger partial charge in [0.25, 0.3) is 0 Å². The van der Waals surface area contributed by atoms with E-state index in [1.807, 2.05) is 85.8 Å². The molecule has 16 heteroatoms. The first-order chi connectivity index (χ1) is 36.4. The van der Waals surface area contributed by atoms with Crippen LogP contribution in [-0.2, 0) is 56.0 Å². The third kappa shape index (κ3) is 8.78. The van der Waals surface area contributed by atoms with E-state index < -0.39 is 89.1 Å². The molecule has 6 N–H and O–H groups in total. The lowest BCUT2D eigenvalue weighted by atomic mass is 9.38. The lowest BCUT2D eigenvalue weighted by molar-refractivity contribution is -0.201. The zero-order valence-electron chi connectivity index (χ0n) is 42.8. The highest BCUT2D eigenvalue weighted by molar-refractivity contribution is 6.01. The van der Waals surface area contributed by atoms with Gasteiger partial charge in [0.15, 0.2) is 23.5 Å². The molecule has 10 atom stereocenters. The number of hydrogen-bond acceptors (Lipinski definition) is 11.